The van der Waals surface area contributed by atoms with Gasteiger partial charge in [0.25, 0.3) is 0 Å². The first-order valence-corrected chi connectivity index (χ1v) is 12.3. The van der Waals surface area contributed by atoms with Gasteiger partial charge in [-0.3, -0.25) is 4.79 Å². The van der Waals surface area contributed by atoms with Crippen LogP contribution < -0.4 is 5.32 Å². The van der Waals surface area contributed by atoms with Gasteiger partial charge in [0.2, 0.25) is 15.8 Å². The Balaban J connectivity index is 1.55. The Morgan fingerprint density at radius 3 is 2.58 bits per heavy atom. The first kappa shape index (κ1) is 23.1. The number of nitrogens with zero attached hydrogens (tertiary/aromatic N) is 2. The maximum atomic E-state index is 12.9. The van der Waals surface area contributed by atoms with Gasteiger partial charge in [0, 0.05) is 25.7 Å². The third-order valence-electron chi connectivity index (χ3n) is 5.08. The molecule has 0 radical (unpaired) electrons. The molecule has 0 aliphatic rings. The van der Waals surface area contributed by atoms with Crippen LogP contribution in [0.2, 0.25) is 0 Å². The molecule has 8 heteroatoms. The van der Waals surface area contributed by atoms with E-state index < -0.39 is 10.0 Å². The molecule has 3 aromatic rings. The quantitative estimate of drug-likeness (QED) is 0.380. The fourth-order valence-corrected chi connectivity index (χ4v) is 5.50. The lowest BCUT2D eigenvalue weighted by Crippen LogP contribution is -2.29. The van der Waals surface area contributed by atoms with Crippen molar-refractivity contribution in [1.82, 2.24) is 9.29 Å². The number of aryl methyl sites for hydroxylation is 3. The maximum Gasteiger partial charge on any atom is 0.243 e. The summed E-state index contributed by atoms with van der Waals surface area (Å²) < 4.78 is 27.1. The molecule has 1 heterocycles. The van der Waals surface area contributed by atoms with Gasteiger partial charge in [0.1, 0.15) is 0 Å². The number of hydrogen-bond acceptors (Lipinski definition) is 6. The molecular formula is C23H27N3O3S2. The van der Waals surface area contributed by atoms with Crippen molar-refractivity contribution in [2.45, 2.75) is 32.1 Å². The van der Waals surface area contributed by atoms with Crippen molar-refractivity contribution < 1.29 is 13.2 Å². The summed E-state index contributed by atoms with van der Waals surface area (Å²) in [5.41, 5.74) is 3.27. The number of benzene rings is 2. The van der Waals surface area contributed by atoms with Gasteiger partial charge in [0.15, 0.2) is 5.13 Å². The molecular weight excluding hydrogens is 430 g/mol. The Morgan fingerprint density at radius 2 is 1.84 bits per heavy atom. The van der Waals surface area contributed by atoms with Crippen molar-refractivity contribution in [3.05, 3.63) is 75.8 Å². The molecule has 164 valence electrons. The maximum absolute atomic E-state index is 12.9. The number of aromatic nitrogens is 1. The van der Waals surface area contributed by atoms with Crippen LogP contribution in [0.15, 0.2) is 53.6 Å². The highest BCUT2D eigenvalue weighted by molar-refractivity contribution is 7.89. The molecule has 3 rings (SSSR count). The van der Waals surface area contributed by atoms with Crippen LogP contribution >= 0.6 is 11.3 Å². The van der Waals surface area contributed by atoms with Crippen LogP contribution in [0.3, 0.4) is 0 Å². The second-order valence-electron chi connectivity index (χ2n) is 7.55. The Hall–Kier alpha value is -2.55. The number of rotatable bonds is 9. The lowest BCUT2D eigenvalue weighted by atomic mass is 10.0. The highest BCUT2D eigenvalue weighted by Gasteiger charge is 2.22. The van der Waals surface area contributed by atoms with Crippen LogP contribution in [0.1, 0.15) is 38.3 Å². The predicted molar refractivity (Wildman–Crippen MR) is 126 cm³/mol. The molecule has 0 spiro atoms. The van der Waals surface area contributed by atoms with Crippen molar-refractivity contribution >= 4 is 32.3 Å². The summed E-state index contributed by atoms with van der Waals surface area (Å²) in [7, 11) is -1.93. The van der Waals surface area contributed by atoms with Crippen LogP contribution in [-0.2, 0) is 10.0 Å². The van der Waals surface area contributed by atoms with E-state index in [1.54, 1.807) is 26.2 Å². The molecule has 0 amide bonds. The number of carbonyl (C=O) groups excluding carboxylic acids is 1. The summed E-state index contributed by atoms with van der Waals surface area (Å²) in [5.74, 6) is -0.0389. The minimum absolute atomic E-state index is 0.0389. The van der Waals surface area contributed by atoms with Crippen molar-refractivity contribution in [2.75, 3.05) is 25.5 Å². The van der Waals surface area contributed by atoms with Crippen molar-refractivity contribution in [3.8, 4) is 0 Å². The Bertz CT molecular complexity index is 1190. The van der Waals surface area contributed by atoms with E-state index in [1.807, 2.05) is 50.2 Å². The zero-order valence-corrected chi connectivity index (χ0v) is 19.8. The van der Waals surface area contributed by atoms with Crippen molar-refractivity contribution in [3.63, 3.8) is 0 Å². The predicted octanol–water partition coefficient (Wildman–Crippen LogP) is 4.42. The number of ketones is 1. The largest absolute Gasteiger partial charge is 0.361 e. The highest BCUT2D eigenvalue weighted by atomic mass is 32.2. The topological polar surface area (TPSA) is 79.4 Å². The molecule has 0 aliphatic carbocycles. The zero-order chi connectivity index (χ0) is 22.6. The van der Waals surface area contributed by atoms with Gasteiger partial charge in [-0.1, -0.05) is 47.7 Å². The highest BCUT2D eigenvalue weighted by Crippen LogP contribution is 2.23. The van der Waals surface area contributed by atoms with Gasteiger partial charge in [-0.05, 0) is 49.9 Å². The lowest BCUT2D eigenvalue weighted by molar-refractivity contribution is 0.104. The summed E-state index contributed by atoms with van der Waals surface area (Å²) in [4.78, 5) is 17.9. The van der Waals surface area contributed by atoms with Crippen LogP contribution in [0, 0.1) is 20.8 Å². The molecule has 0 saturated carbocycles. The van der Waals surface area contributed by atoms with Crippen molar-refractivity contribution in [2.24, 2.45) is 0 Å². The molecule has 1 aromatic heterocycles. The van der Waals surface area contributed by atoms with E-state index in [1.165, 1.54) is 15.6 Å². The van der Waals surface area contributed by atoms with E-state index in [-0.39, 0.29) is 5.78 Å². The van der Waals surface area contributed by atoms with Gasteiger partial charge < -0.3 is 5.32 Å². The number of sulfonamides is 1. The SMILES string of the molecule is Cc1ccc(C)c(S(=O)(=O)N(C)CCCNc2ncc(C(=O)c3ccccc3C)s2)c1. The number of anilines is 1. The second kappa shape index (κ2) is 9.72. The van der Waals surface area contributed by atoms with Crippen LogP contribution in [0.25, 0.3) is 0 Å². The molecule has 2 aromatic carbocycles. The molecule has 31 heavy (non-hydrogen) atoms. The van der Waals surface area contributed by atoms with Gasteiger partial charge in [-0.15, -0.1) is 0 Å². The second-order valence-corrected chi connectivity index (χ2v) is 10.6. The summed E-state index contributed by atoms with van der Waals surface area (Å²) in [6.07, 6.45) is 2.19. The molecule has 0 fully saturated rings. The van der Waals surface area contributed by atoms with E-state index in [0.29, 0.717) is 40.0 Å². The lowest BCUT2D eigenvalue weighted by Gasteiger charge is -2.19. The average molecular weight is 458 g/mol. The number of carbonyl (C=O) groups is 1. The summed E-state index contributed by atoms with van der Waals surface area (Å²) in [6.45, 7) is 6.53. The molecule has 0 unspecified atom stereocenters. The van der Waals surface area contributed by atoms with E-state index in [4.69, 9.17) is 0 Å². The first-order chi connectivity index (χ1) is 14.7. The average Bonchev–Trinajstić information content (AvgIpc) is 3.21. The van der Waals surface area contributed by atoms with Crippen LogP contribution in [0.4, 0.5) is 5.13 Å². The third-order valence-corrected chi connectivity index (χ3v) is 8.03. The minimum atomic E-state index is -3.53. The van der Waals surface area contributed by atoms with E-state index in [0.717, 1.165) is 16.7 Å². The fourth-order valence-electron chi connectivity index (χ4n) is 3.19. The molecule has 0 saturated heterocycles. The number of nitrogens with one attached hydrogen (secondary N) is 1. The van der Waals surface area contributed by atoms with Crippen LogP contribution in [-0.4, -0.2) is 43.6 Å². The minimum Gasteiger partial charge on any atom is -0.361 e. The van der Waals surface area contributed by atoms with E-state index in [2.05, 4.69) is 10.3 Å². The summed E-state index contributed by atoms with van der Waals surface area (Å²) in [6, 6.07) is 12.9. The Kier molecular flexibility index (Phi) is 7.25. The Labute approximate surface area is 188 Å². The number of thiazole rings is 1. The van der Waals surface area contributed by atoms with Gasteiger partial charge >= 0.3 is 0 Å². The van der Waals surface area contributed by atoms with E-state index >= 15 is 0 Å². The molecule has 6 nitrogen and oxygen atoms in total. The molecule has 0 bridgehead atoms. The fraction of sp³-hybridized carbons (Fsp3) is 0.304. The van der Waals surface area contributed by atoms with Gasteiger partial charge in [-0.2, -0.15) is 0 Å². The Morgan fingerprint density at radius 1 is 1.10 bits per heavy atom. The first-order valence-electron chi connectivity index (χ1n) is 10.0. The van der Waals surface area contributed by atoms with E-state index in [9.17, 15) is 13.2 Å². The monoisotopic (exact) mass is 457 g/mol. The normalized spacial score (nSPS) is 11.6. The van der Waals surface area contributed by atoms with Crippen molar-refractivity contribution in [1.29, 1.82) is 0 Å². The van der Waals surface area contributed by atoms with Crippen LogP contribution in [0.5, 0.6) is 0 Å². The zero-order valence-electron chi connectivity index (χ0n) is 18.2. The van der Waals surface area contributed by atoms with Gasteiger partial charge in [0.05, 0.1) is 16.0 Å². The molecule has 1 N–H and O–H groups in total. The third kappa shape index (κ3) is 5.39. The molecule has 0 aliphatic heterocycles. The summed E-state index contributed by atoms with van der Waals surface area (Å²) >= 11 is 1.31. The number of hydrogen-bond donors (Lipinski definition) is 1. The summed E-state index contributed by atoms with van der Waals surface area (Å²) in [5, 5.41) is 3.84. The smallest absolute Gasteiger partial charge is 0.243 e. The standard InChI is InChI=1S/C23H27N3O3S2/c1-16-10-11-18(3)21(14-16)31(28,29)26(4)13-7-12-24-23-25-15-20(30-23)22(27)19-9-6-5-8-17(19)2/h5-6,8-11,14-15H,7,12-13H2,1-4H3,(H,24,25). The molecule has 0 atom stereocenters. The van der Waals surface area contributed by atoms with Gasteiger partial charge in [-0.25, -0.2) is 17.7 Å².